The zero-order chi connectivity index (χ0) is 14.7. The molecule has 1 N–H and O–H groups in total. The molecule has 3 aromatic rings. The lowest BCUT2D eigenvalue weighted by Crippen LogP contribution is -2.22. The second-order valence-electron chi connectivity index (χ2n) is 4.83. The first-order chi connectivity index (χ1) is 10.3. The van der Waals surface area contributed by atoms with Crippen LogP contribution in [0, 0.1) is 0 Å². The standard InChI is InChI=1S/C16H17N3OS/c1-2-17-15(20)9-8-13-11-21-16-18-14(10-19(13)16)12-6-4-3-5-7-12/h3-7,10-11H,2,8-9H2,1H3,(H,17,20). The van der Waals surface area contributed by atoms with E-state index < -0.39 is 0 Å². The van der Waals surface area contributed by atoms with Gasteiger partial charge in [-0.1, -0.05) is 30.3 Å². The monoisotopic (exact) mass is 299 g/mol. The molecule has 0 fully saturated rings. The molecule has 0 spiro atoms. The quantitative estimate of drug-likeness (QED) is 0.787. The molecule has 0 saturated carbocycles. The minimum Gasteiger partial charge on any atom is -0.356 e. The molecular formula is C16H17N3OS. The average Bonchev–Trinajstić information content (AvgIpc) is 3.07. The molecule has 21 heavy (non-hydrogen) atoms. The molecule has 3 rings (SSSR count). The number of carbonyl (C=O) groups is 1. The van der Waals surface area contributed by atoms with Gasteiger partial charge in [0, 0.05) is 35.8 Å². The third-order valence-corrected chi connectivity index (χ3v) is 4.22. The maximum Gasteiger partial charge on any atom is 0.220 e. The Labute approximate surface area is 127 Å². The number of amides is 1. The van der Waals surface area contributed by atoms with Gasteiger partial charge in [-0.3, -0.25) is 9.20 Å². The van der Waals surface area contributed by atoms with E-state index in [0.29, 0.717) is 13.0 Å². The van der Waals surface area contributed by atoms with E-state index in [-0.39, 0.29) is 5.91 Å². The van der Waals surface area contributed by atoms with Crippen LogP contribution in [-0.4, -0.2) is 21.8 Å². The number of imidazole rings is 1. The van der Waals surface area contributed by atoms with E-state index in [1.54, 1.807) is 11.3 Å². The summed E-state index contributed by atoms with van der Waals surface area (Å²) < 4.78 is 2.09. The van der Waals surface area contributed by atoms with Crippen molar-refractivity contribution in [1.82, 2.24) is 14.7 Å². The Morgan fingerprint density at radius 2 is 2.14 bits per heavy atom. The number of hydrogen-bond acceptors (Lipinski definition) is 3. The van der Waals surface area contributed by atoms with Gasteiger partial charge in [-0.2, -0.15) is 0 Å². The zero-order valence-electron chi connectivity index (χ0n) is 11.9. The van der Waals surface area contributed by atoms with E-state index in [1.807, 2.05) is 31.3 Å². The molecule has 0 unspecified atom stereocenters. The van der Waals surface area contributed by atoms with Crippen molar-refractivity contribution in [2.75, 3.05) is 6.54 Å². The molecule has 4 nitrogen and oxygen atoms in total. The molecule has 5 heteroatoms. The van der Waals surface area contributed by atoms with Gasteiger partial charge in [0.1, 0.15) is 0 Å². The highest BCUT2D eigenvalue weighted by molar-refractivity contribution is 7.15. The van der Waals surface area contributed by atoms with E-state index in [2.05, 4.69) is 32.2 Å². The molecule has 0 bridgehead atoms. The molecule has 0 aliphatic heterocycles. The van der Waals surface area contributed by atoms with E-state index >= 15 is 0 Å². The van der Waals surface area contributed by atoms with Crippen LogP contribution in [0.5, 0.6) is 0 Å². The van der Waals surface area contributed by atoms with Gasteiger partial charge < -0.3 is 5.32 Å². The highest BCUT2D eigenvalue weighted by Crippen LogP contribution is 2.24. The van der Waals surface area contributed by atoms with Crippen LogP contribution < -0.4 is 5.32 Å². The molecule has 0 radical (unpaired) electrons. The second kappa shape index (κ2) is 6.10. The van der Waals surface area contributed by atoms with Crippen molar-refractivity contribution >= 4 is 22.2 Å². The fourth-order valence-electron chi connectivity index (χ4n) is 2.28. The summed E-state index contributed by atoms with van der Waals surface area (Å²) in [4.78, 5) is 17.2. The third kappa shape index (κ3) is 2.97. The Hall–Kier alpha value is -2.14. The van der Waals surface area contributed by atoms with E-state index in [0.717, 1.165) is 28.3 Å². The molecule has 1 amide bonds. The van der Waals surface area contributed by atoms with Crippen molar-refractivity contribution in [3.8, 4) is 11.3 Å². The molecular weight excluding hydrogens is 282 g/mol. The number of aryl methyl sites for hydroxylation is 1. The fraction of sp³-hybridized carbons (Fsp3) is 0.250. The van der Waals surface area contributed by atoms with Gasteiger partial charge in [0.2, 0.25) is 5.91 Å². The summed E-state index contributed by atoms with van der Waals surface area (Å²) >= 11 is 1.61. The van der Waals surface area contributed by atoms with Gasteiger partial charge in [-0.05, 0) is 13.3 Å². The highest BCUT2D eigenvalue weighted by Gasteiger charge is 2.10. The molecule has 0 aliphatic rings. The topological polar surface area (TPSA) is 46.4 Å². The Kier molecular flexibility index (Phi) is 4.01. The third-order valence-electron chi connectivity index (χ3n) is 3.34. The number of nitrogens with zero attached hydrogens (tertiary/aromatic N) is 2. The minimum absolute atomic E-state index is 0.0975. The maximum atomic E-state index is 11.6. The first kappa shape index (κ1) is 13.8. The van der Waals surface area contributed by atoms with Gasteiger partial charge in [0.05, 0.1) is 5.69 Å². The van der Waals surface area contributed by atoms with E-state index in [1.165, 1.54) is 0 Å². The summed E-state index contributed by atoms with van der Waals surface area (Å²) in [5.41, 5.74) is 3.22. The predicted octanol–water partition coefficient (Wildman–Crippen LogP) is 3.13. The van der Waals surface area contributed by atoms with Crippen molar-refractivity contribution in [2.45, 2.75) is 19.8 Å². The smallest absolute Gasteiger partial charge is 0.220 e. The molecule has 0 atom stereocenters. The lowest BCUT2D eigenvalue weighted by Gasteiger charge is -2.01. The van der Waals surface area contributed by atoms with E-state index in [9.17, 15) is 4.79 Å². The lowest BCUT2D eigenvalue weighted by atomic mass is 10.2. The Bertz CT molecular complexity index is 745. The summed E-state index contributed by atoms with van der Waals surface area (Å²) in [6.07, 6.45) is 3.29. The Balaban J connectivity index is 1.82. The van der Waals surface area contributed by atoms with Crippen LogP contribution in [0.2, 0.25) is 0 Å². The van der Waals surface area contributed by atoms with Crippen LogP contribution in [0.25, 0.3) is 16.2 Å². The summed E-state index contributed by atoms with van der Waals surface area (Å²) in [6.45, 7) is 2.61. The first-order valence-corrected chi connectivity index (χ1v) is 7.93. The number of carbonyl (C=O) groups excluding carboxylic acids is 1. The summed E-state index contributed by atoms with van der Waals surface area (Å²) in [6, 6.07) is 10.1. The van der Waals surface area contributed by atoms with E-state index in [4.69, 9.17) is 0 Å². The zero-order valence-corrected chi connectivity index (χ0v) is 12.7. The van der Waals surface area contributed by atoms with Crippen molar-refractivity contribution in [3.05, 3.63) is 47.6 Å². The summed E-state index contributed by atoms with van der Waals surface area (Å²) in [5, 5.41) is 4.91. The van der Waals surface area contributed by atoms with Gasteiger partial charge in [-0.15, -0.1) is 11.3 Å². The van der Waals surface area contributed by atoms with Gasteiger partial charge >= 0.3 is 0 Å². The fourth-order valence-corrected chi connectivity index (χ4v) is 3.19. The molecule has 1 aromatic carbocycles. The molecule has 0 aliphatic carbocycles. The average molecular weight is 299 g/mol. The predicted molar refractivity (Wildman–Crippen MR) is 85.5 cm³/mol. The van der Waals surface area contributed by atoms with Crippen LogP contribution in [0.4, 0.5) is 0 Å². The largest absolute Gasteiger partial charge is 0.356 e. The number of benzene rings is 1. The Morgan fingerprint density at radius 1 is 1.33 bits per heavy atom. The van der Waals surface area contributed by atoms with Crippen molar-refractivity contribution in [1.29, 1.82) is 0 Å². The van der Waals surface area contributed by atoms with Gasteiger partial charge in [0.25, 0.3) is 0 Å². The number of nitrogens with one attached hydrogen (secondary N) is 1. The Morgan fingerprint density at radius 3 is 2.90 bits per heavy atom. The molecule has 2 heterocycles. The highest BCUT2D eigenvalue weighted by atomic mass is 32.1. The van der Waals surface area contributed by atoms with Gasteiger partial charge in [0.15, 0.2) is 4.96 Å². The number of thiazole rings is 1. The summed E-state index contributed by atoms with van der Waals surface area (Å²) in [7, 11) is 0. The number of hydrogen-bond donors (Lipinski definition) is 1. The normalized spacial score (nSPS) is 10.9. The van der Waals surface area contributed by atoms with Crippen molar-refractivity contribution in [2.24, 2.45) is 0 Å². The second-order valence-corrected chi connectivity index (χ2v) is 5.66. The van der Waals surface area contributed by atoms with Crippen molar-refractivity contribution < 1.29 is 4.79 Å². The number of rotatable bonds is 5. The van der Waals surface area contributed by atoms with Crippen LogP contribution in [0.3, 0.4) is 0 Å². The lowest BCUT2D eigenvalue weighted by molar-refractivity contribution is -0.120. The van der Waals surface area contributed by atoms with Crippen LogP contribution in [0.1, 0.15) is 19.0 Å². The van der Waals surface area contributed by atoms with Gasteiger partial charge in [-0.25, -0.2) is 4.98 Å². The summed E-state index contributed by atoms with van der Waals surface area (Å²) in [5.74, 6) is 0.0975. The molecule has 2 aromatic heterocycles. The van der Waals surface area contributed by atoms with Crippen molar-refractivity contribution in [3.63, 3.8) is 0 Å². The minimum atomic E-state index is 0.0975. The number of aromatic nitrogens is 2. The first-order valence-electron chi connectivity index (χ1n) is 7.05. The van der Waals surface area contributed by atoms with Crippen LogP contribution in [-0.2, 0) is 11.2 Å². The van der Waals surface area contributed by atoms with Crippen LogP contribution in [0.15, 0.2) is 41.9 Å². The maximum absolute atomic E-state index is 11.6. The number of fused-ring (bicyclic) bond motifs is 1. The van der Waals surface area contributed by atoms with Crippen LogP contribution >= 0.6 is 11.3 Å². The SMILES string of the molecule is CCNC(=O)CCc1csc2nc(-c3ccccc3)cn12. The molecule has 108 valence electrons. The molecule has 0 saturated heterocycles.